The monoisotopic (exact) mass is 392 g/mol. The molecule has 0 atom stereocenters. The number of halogens is 1. The Bertz CT molecular complexity index is 1070. The molecular formula is C23H25FN4O. The number of fused-ring (bicyclic) bond motifs is 1. The molecule has 29 heavy (non-hydrogen) atoms. The van der Waals surface area contributed by atoms with Crippen LogP contribution in [0.2, 0.25) is 0 Å². The number of benzene rings is 1. The molecule has 5 nitrogen and oxygen atoms in total. The molecular weight excluding hydrogens is 367 g/mol. The number of anilines is 2. The molecule has 0 saturated carbocycles. The van der Waals surface area contributed by atoms with Crippen LogP contribution >= 0.6 is 0 Å². The molecule has 1 aliphatic rings. The molecule has 1 fully saturated rings. The van der Waals surface area contributed by atoms with E-state index >= 15 is 0 Å². The van der Waals surface area contributed by atoms with E-state index in [1.54, 1.807) is 25.3 Å². The standard InChI is InChI=1S/C23H25FN4O/c1-14-8-10-28(11-9-14)23(29)19-13-25-22-18(6-4-16(3)26-22)21(19)27-17-5-7-20(24)15(2)12-17/h4-7,12-14H,8-11H2,1-3H3,(H,25,26,27). The van der Waals surface area contributed by atoms with Crippen LogP contribution in [-0.4, -0.2) is 33.9 Å². The number of hydrogen-bond donors (Lipinski definition) is 1. The van der Waals surface area contributed by atoms with Gasteiger partial charge in [-0.3, -0.25) is 4.79 Å². The number of hydrogen-bond acceptors (Lipinski definition) is 4. The van der Waals surface area contributed by atoms with Crippen molar-refractivity contribution in [2.45, 2.75) is 33.6 Å². The van der Waals surface area contributed by atoms with Gasteiger partial charge < -0.3 is 10.2 Å². The van der Waals surface area contributed by atoms with Gasteiger partial charge in [0, 0.05) is 36.1 Å². The molecule has 3 heterocycles. The Labute approximate surface area is 170 Å². The zero-order valence-electron chi connectivity index (χ0n) is 17.0. The van der Waals surface area contributed by atoms with Gasteiger partial charge in [-0.2, -0.15) is 0 Å². The summed E-state index contributed by atoms with van der Waals surface area (Å²) in [6.45, 7) is 7.35. The molecule has 1 N–H and O–H groups in total. The van der Waals surface area contributed by atoms with E-state index < -0.39 is 0 Å². The van der Waals surface area contributed by atoms with E-state index in [1.807, 2.05) is 24.0 Å². The van der Waals surface area contributed by atoms with E-state index in [-0.39, 0.29) is 11.7 Å². The number of nitrogens with one attached hydrogen (secondary N) is 1. The summed E-state index contributed by atoms with van der Waals surface area (Å²) in [5.41, 5.74) is 3.88. The first-order chi connectivity index (χ1) is 13.9. The van der Waals surface area contributed by atoms with Crippen molar-refractivity contribution in [2.75, 3.05) is 18.4 Å². The molecule has 1 aromatic carbocycles. The molecule has 0 bridgehead atoms. The Morgan fingerprint density at radius 3 is 2.66 bits per heavy atom. The largest absolute Gasteiger partial charge is 0.354 e. The van der Waals surface area contributed by atoms with Crippen LogP contribution in [-0.2, 0) is 0 Å². The second kappa shape index (κ2) is 7.78. The highest BCUT2D eigenvalue weighted by molar-refractivity contribution is 6.07. The van der Waals surface area contributed by atoms with E-state index in [0.29, 0.717) is 28.4 Å². The van der Waals surface area contributed by atoms with E-state index in [0.717, 1.165) is 42.7 Å². The van der Waals surface area contributed by atoms with Gasteiger partial charge in [0.25, 0.3) is 5.91 Å². The minimum absolute atomic E-state index is 0.0341. The van der Waals surface area contributed by atoms with Gasteiger partial charge in [-0.1, -0.05) is 6.92 Å². The van der Waals surface area contributed by atoms with E-state index in [4.69, 9.17) is 0 Å². The normalized spacial score (nSPS) is 15.0. The van der Waals surface area contributed by atoms with Crippen molar-refractivity contribution >= 4 is 28.3 Å². The summed E-state index contributed by atoms with van der Waals surface area (Å²) in [7, 11) is 0. The molecule has 1 aliphatic heterocycles. The quantitative estimate of drug-likeness (QED) is 0.681. The van der Waals surface area contributed by atoms with Crippen molar-refractivity contribution in [2.24, 2.45) is 5.92 Å². The van der Waals surface area contributed by atoms with Crippen LogP contribution in [0.1, 0.15) is 41.4 Å². The van der Waals surface area contributed by atoms with Crippen LogP contribution < -0.4 is 5.32 Å². The lowest BCUT2D eigenvalue weighted by Gasteiger charge is -2.31. The number of rotatable bonds is 3. The zero-order chi connectivity index (χ0) is 20.5. The topological polar surface area (TPSA) is 58.1 Å². The number of aromatic nitrogens is 2. The molecule has 4 rings (SSSR count). The second-order valence-corrected chi connectivity index (χ2v) is 7.93. The summed E-state index contributed by atoms with van der Waals surface area (Å²) >= 11 is 0. The van der Waals surface area contributed by atoms with Gasteiger partial charge in [-0.25, -0.2) is 14.4 Å². The predicted octanol–water partition coefficient (Wildman–Crippen LogP) is 5.00. The maximum atomic E-state index is 13.7. The van der Waals surface area contributed by atoms with Crippen LogP contribution in [0.15, 0.2) is 36.5 Å². The number of piperidine rings is 1. The summed E-state index contributed by atoms with van der Waals surface area (Å²) in [4.78, 5) is 24.2. The molecule has 0 unspecified atom stereocenters. The highest BCUT2D eigenvalue weighted by atomic mass is 19.1. The van der Waals surface area contributed by atoms with Crippen LogP contribution in [0, 0.1) is 25.6 Å². The fraction of sp³-hybridized carbons (Fsp3) is 0.348. The third-order valence-corrected chi connectivity index (χ3v) is 5.60. The van der Waals surface area contributed by atoms with E-state index in [9.17, 15) is 9.18 Å². The summed E-state index contributed by atoms with van der Waals surface area (Å²) in [6.07, 6.45) is 3.62. The molecule has 0 spiro atoms. The SMILES string of the molecule is Cc1ccc2c(Nc3ccc(F)c(C)c3)c(C(=O)N3CCC(C)CC3)cnc2n1. The first-order valence-corrected chi connectivity index (χ1v) is 10.0. The third kappa shape index (κ3) is 3.92. The fourth-order valence-corrected chi connectivity index (χ4v) is 3.72. The first kappa shape index (κ1) is 19.3. The number of amides is 1. The molecule has 6 heteroatoms. The van der Waals surface area contributed by atoms with Crippen LogP contribution in [0.5, 0.6) is 0 Å². The van der Waals surface area contributed by atoms with Crippen molar-refractivity contribution < 1.29 is 9.18 Å². The lowest BCUT2D eigenvalue weighted by atomic mass is 9.98. The maximum absolute atomic E-state index is 13.7. The maximum Gasteiger partial charge on any atom is 0.257 e. The lowest BCUT2D eigenvalue weighted by molar-refractivity contribution is 0.0698. The highest BCUT2D eigenvalue weighted by Gasteiger charge is 2.25. The Morgan fingerprint density at radius 1 is 1.17 bits per heavy atom. The van der Waals surface area contributed by atoms with Crippen LogP contribution in [0.4, 0.5) is 15.8 Å². The number of nitrogens with zero attached hydrogens (tertiary/aromatic N) is 3. The Kier molecular flexibility index (Phi) is 5.18. The summed E-state index contributed by atoms with van der Waals surface area (Å²) in [5, 5.41) is 4.11. The van der Waals surface area contributed by atoms with Crippen molar-refractivity contribution in [3.63, 3.8) is 0 Å². The van der Waals surface area contributed by atoms with Gasteiger partial charge in [-0.05, 0) is 68.5 Å². The smallest absolute Gasteiger partial charge is 0.257 e. The lowest BCUT2D eigenvalue weighted by Crippen LogP contribution is -2.38. The zero-order valence-corrected chi connectivity index (χ0v) is 17.0. The van der Waals surface area contributed by atoms with E-state index in [1.165, 1.54) is 6.07 Å². The highest BCUT2D eigenvalue weighted by Crippen LogP contribution is 2.31. The first-order valence-electron chi connectivity index (χ1n) is 10.0. The van der Waals surface area contributed by atoms with Crippen molar-refractivity contribution in [3.8, 4) is 0 Å². The molecule has 0 radical (unpaired) electrons. The minimum Gasteiger partial charge on any atom is -0.354 e. The Morgan fingerprint density at radius 2 is 1.93 bits per heavy atom. The Hall–Kier alpha value is -3.02. The van der Waals surface area contributed by atoms with Crippen molar-refractivity contribution in [3.05, 3.63) is 59.2 Å². The molecule has 150 valence electrons. The summed E-state index contributed by atoms with van der Waals surface area (Å²) in [6, 6.07) is 8.67. The fourth-order valence-electron chi connectivity index (χ4n) is 3.72. The average molecular weight is 392 g/mol. The average Bonchev–Trinajstić information content (AvgIpc) is 2.71. The predicted molar refractivity (Wildman–Crippen MR) is 113 cm³/mol. The number of pyridine rings is 2. The minimum atomic E-state index is -0.258. The van der Waals surface area contributed by atoms with Gasteiger partial charge >= 0.3 is 0 Å². The number of carbonyl (C=O) groups is 1. The van der Waals surface area contributed by atoms with Crippen LogP contribution in [0.3, 0.4) is 0 Å². The number of aryl methyl sites for hydroxylation is 2. The molecule has 0 aliphatic carbocycles. The molecule has 1 saturated heterocycles. The van der Waals surface area contributed by atoms with Gasteiger partial charge in [0.2, 0.25) is 0 Å². The van der Waals surface area contributed by atoms with Gasteiger partial charge in [-0.15, -0.1) is 0 Å². The van der Waals surface area contributed by atoms with Gasteiger partial charge in [0.1, 0.15) is 5.82 Å². The number of carbonyl (C=O) groups excluding carboxylic acids is 1. The Balaban J connectivity index is 1.78. The van der Waals surface area contributed by atoms with Crippen molar-refractivity contribution in [1.29, 1.82) is 0 Å². The summed E-state index contributed by atoms with van der Waals surface area (Å²) < 4.78 is 13.7. The van der Waals surface area contributed by atoms with Gasteiger partial charge in [0.15, 0.2) is 5.65 Å². The summed E-state index contributed by atoms with van der Waals surface area (Å²) in [5.74, 6) is 0.347. The van der Waals surface area contributed by atoms with Crippen LogP contribution in [0.25, 0.3) is 11.0 Å². The number of likely N-dealkylation sites (tertiary alicyclic amines) is 1. The van der Waals surface area contributed by atoms with E-state index in [2.05, 4.69) is 22.2 Å². The molecule has 3 aromatic rings. The molecule has 1 amide bonds. The van der Waals surface area contributed by atoms with Crippen molar-refractivity contribution in [1.82, 2.24) is 14.9 Å². The van der Waals surface area contributed by atoms with Gasteiger partial charge in [0.05, 0.1) is 11.3 Å². The third-order valence-electron chi connectivity index (χ3n) is 5.60. The molecule has 2 aromatic heterocycles. The second-order valence-electron chi connectivity index (χ2n) is 7.93.